The maximum atomic E-state index is 11.9. The van der Waals surface area contributed by atoms with E-state index >= 15 is 0 Å². The maximum Gasteiger partial charge on any atom is 0.223 e. The Morgan fingerprint density at radius 2 is 1.88 bits per heavy atom. The minimum absolute atomic E-state index is 0.00333. The molecule has 3 N–H and O–H groups in total. The number of para-hydroxylation sites is 2. The first-order valence-corrected chi connectivity index (χ1v) is 8.36. The van der Waals surface area contributed by atoms with Crippen LogP contribution in [-0.4, -0.2) is 32.4 Å². The number of nitrogens with zero attached hydrogens (tertiary/aromatic N) is 3. The van der Waals surface area contributed by atoms with Gasteiger partial charge in [0.15, 0.2) is 0 Å². The lowest BCUT2D eigenvalue weighted by Gasteiger charge is -2.07. The molecule has 0 saturated carbocycles. The number of aryl methyl sites for hydroxylation is 2. The molecule has 0 saturated heterocycles. The number of aromatic nitrogens is 4. The summed E-state index contributed by atoms with van der Waals surface area (Å²) in [6.45, 7) is 4.93. The summed E-state index contributed by atoms with van der Waals surface area (Å²) < 4.78 is 0. The minimum atomic E-state index is 0.00333. The van der Waals surface area contributed by atoms with Crippen LogP contribution in [0.2, 0.25) is 0 Å². The first-order valence-electron chi connectivity index (χ1n) is 8.36. The number of H-pyrrole nitrogens is 1. The van der Waals surface area contributed by atoms with Gasteiger partial charge in [-0.05, 0) is 38.5 Å². The van der Waals surface area contributed by atoms with Crippen molar-refractivity contribution in [2.45, 2.75) is 33.2 Å². The van der Waals surface area contributed by atoms with Crippen LogP contribution in [-0.2, 0) is 11.3 Å². The molecule has 0 aliphatic carbocycles. The Morgan fingerprint density at radius 1 is 1.12 bits per heavy atom. The number of carbonyl (C=O) groups is 1. The largest absolute Gasteiger partial charge is 0.354 e. The van der Waals surface area contributed by atoms with E-state index in [1.807, 2.05) is 44.2 Å². The molecule has 130 valence electrons. The van der Waals surface area contributed by atoms with Gasteiger partial charge in [-0.25, -0.2) is 15.0 Å². The lowest BCUT2D eigenvalue weighted by Crippen LogP contribution is -2.23. The van der Waals surface area contributed by atoms with Crippen molar-refractivity contribution in [3.05, 3.63) is 47.5 Å². The van der Waals surface area contributed by atoms with Gasteiger partial charge in [-0.1, -0.05) is 12.1 Å². The van der Waals surface area contributed by atoms with Crippen LogP contribution >= 0.6 is 0 Å². The third-order valence-electron chi connectivity index (χ3n) is 3.74. The number of hydrogen-bond donors (Lipinski definition) is 3. The lowest BCUT2D eigenvalue weighted by molar-refractivity contribution is -0.121. The molecule has 0 spiro atoms. The van der Waals surface area contributed by atoms with Crippen LogP contribution in [0.5, 0.6) is 0 Å². The van der Waals surface area contributed by atoms with Gasteiger partial charge in [-0.2, -0.15) is 0 Å². The second-order valence-electron chi connectivity index (χ2n) is 5.98. The number of amides is 1. The monoisotopic (exact) mass is 338 g/mol. The van der Waals surface area contributed by atoms with Crippen molar-refractivity contribution in [2.75, 3.05) is 11.9 Å². The van der Waals surface area contributed by atoms with Gasteiger partial charge in [-0.3, -0.25) is 4.79 Å². The number of hydrogen-bond acceptors (Lipinski definition) is 5. The van der Waals surface area contributed by atoms with Crippen LogP contribution in [0, 0.1) is 13.8 Å². The molecule has 2 heterocycles. The number of imidazole rings is 1. The number of nitrogens with one attached hydrogen (secondary N) is 3. The van der Waals surface area contributed by atoms with E-state index < -0.39 is 0 Å². The van der Waals surface area contributed by atoms with Crippen molar-refractivity contribution in [1.29, 1.82) is 0 Å². The van der Waals surface area contributed by atoms with E-state index in [1.54, 1.807) is 0 Å². The van der Waals surface area contributed by atoms with Crippen LogP contribution < -0.4 is 10.6 Å². The lowest BCUT2D eigenvalue weighted by atomic mass is 10.3. The molecule has 0 bridgehead atoms. The maximum absolute atomic E-state index is 11.9. The molecule has 3 rings (SSSR count). The molecule has 25 heavy (non-hydrogen) atoms. The first-order chi connectivity index (χ1) is 12.1. The van der Waals surface area contributed by atoms with Crippen molar-refractivity contribution in [2.24, 2.45) is 0 Å². The van der Waals surface area contributed by atoms with E-state index in [1.165, 1.54) is 0 Å². The van der Waals surface area contributed by atoms with Gasteiger partial charge in [0.2, 0.25) is 11.9 Å². The fourth-order valence-electron chi connectivity index (χ4n) is 2.61. The van der Waals surface area contributed by atoms with E-state index in [9.17, 15) is 4.79 Å². The standard InChI is InChI=1S/C18H22N6O/c1-12-10-13(2)22-18(21-12)19-9-5-8-17(25)20-11-16-23-14-6-3-4-7-15(14)24-16/h3-4,6-7,10H,5,8-9,11H2,1-2H3,(H,20,25)(H,23,24)(H,19,21,22). The Labute approximate surface area is 146 Å². The summed E-state index contributed by atoms with van der Waals surface area (Å²) in [7, 11) is 0. The molecule has 0 aliphatic rings. The van der Waals surface area contributed by atoms with Crippen LogP contribution in [0.4, 0.5) is 5.95 Å². The molecule has 2 aromatic heterocycles. The third kappa shape index (κ3) is 4.76. The summed E-state index contributed by atoms with van der Waals surface area (Å²) in [6.07, 6.45) is 1.15. The highest BCUT2D eigenvalue weighted by Gasteiger charge is 2.05. The molecule has 0 radical (unpaired) electrons. The Bertz CT molecular complexity index is 820. The van der Waals surface area contributed by atoms with E-state index in [0.717, 1.165) is 28.2 Å². The molecular weight excluding hydrogens is 316 g/mol. The number of rotatable bonds is 7. The molecule has 1 aromatic carbocycles. The Balaban J connectivity index is 1.39. The van der Waals surface area contributed by atoms with Crippen molar-refractivity contribution >= 4 is 22.9 Å². The second kappa shape index (κ2) is 7.74. The molecule has 7 nitrogen and oxygen atoms in total. The van der Waals surface area contributed by atoms with Gasteiger partial charge >= 0.3 is 0 Å². The van der Waals surface area contributed by atoms with E-state index in [2.05, 4.69) is 30.6 Å². The number of fused-ring (bicyclic) bond motifs is 1. The number of anilines is 1. The van der Waals surface area contributed by atoms with Gasteiger partial charge < -0.3 is 15.6 Å². The van der Waals surface area contributed by atoms with Gasteiger partial charge in [0, 0.05) is 24.4 Å². The summed E-state index contributed by atoms with van der Waals surface area (Å²) in [5.41, 5.74) is 3.74. The van der Waals surface area contributed by atoms with Gasteiger partial charge in [0.05, 0.1) is 17.6 Å². The van der Waals surface area contributed by atoms with Crippen LogP contribution in [0.25, 0.3) is 11.0 Å². The van der Waals surface area contributed by atoms with Crippen molar-refractivity contribution in [1.82, 2.24) is 25.3 Å². The SMILES string of the molecule is Cc1cc(C)nc(NCCCC(=O)NCc2nc3ccccc3[nH]2)n1. The highest BCUT2D eigenvalue weighted by atomic mass is 16.1. The van der Waals surface area contributed by atoms with Gasteiger partial charge in [-0.15, -0.1) is 0 Å². The van der Waals surface area contributed by atoms with Gasteiger partial charge in [0.25, 0.3) is 0 Å². The van der Waals surface area contributed by atoms with Crippen molar-refractivity contribution < 1.29 is 4.79 Å². The minimum Gasteiger partial charge on any atom is -0.354 e. The Morgan fingerprint density at radius 3 is 2.64 bits per heavy atom. The number of benzene rings is 1. The average molecular weight is 338 g/mol. The molecule has 3 aromatic rings. The number of carbonyl (C=O) groups excluding carboxylic acids is 1. The topological polar surface area (TPSA) is 95.6 Å². The van der Waals surface area contributed by atoms with Crippen LogP contribution in [0.3, 0.4) is 0 Å². The average Bonchev–Trinajstić information content (AvgIpc) is 2.99. The summed E-state index contributed by atoms with van der Waals surface area (Å²) in [5.74, 6) is 1.38. The fourth-order valence-corrected chi connectivity index (χ4v) is 2.61. The third-order valence-corrected chi connectivity index (χ3v) is 3.74. The Hall–Kier alpha value is -2.96. The molecule has 0 unspecified atom stereocenters. The predicted molar refractivity (Wildman–Crippen MR) is 97.2 cm³/mol. The van der Waals surface area contributed by atoms with Crippen LogP contribution in [0.15, 0.2) is 30.3 Å². The highest BCUT2D eigenvalue weighted by molar-refractivity contribution is 5.76. The predicted octanol–water partition coefficient (Wildman–Crippen LogP) is 2.48. The summed E-state index contributed by atoms with van der Waals surface area (Å²) in [5, 5.41) is 6.04. The summed E-state index contributed by atoms with van der Waals surface area (Å²) >= 11 is 0. The van der Waals surface area contributed by atoms with E-state index in [-0.39, 0.29) is 5.91 Å². The normalized spacial score (nSPS) is 10.8. The second-order valence-corrected chi connectivity index (χ2v) is 5.98. The Kier molecular flexibility index (Phi) is 5.23. The zero-order valence-electron chi connectivity index (χ0n) is 14.5. The first kappa shape index (κ1) is 16.9. The summed E-state index contributed by atoms with van der Waals surface area (Å²) in [6, 6.07) is 9.73. The van der Waals surface area contributed by atoms with Crippen molar-refractivity contribution in [3.63, 3.8) is 0 Å². The summed E-state index contributed by atoms with van der Waals surface area (Å²) in [4.78, 5) is 28.2. The zero-order chi connectivity index (χ0) is 17.6. The van der Waals surface area contributed by atoms with E-state index in [0.29, 0.717) is 31.9 Å². The molecule has 7 heteroatoms. The van der Waals surface area contributed by atoms with Gasteiger partial charge in [0.1, 0.15) is 5.82 Å². The molecule has 0 fully saturated rings. The van der Waals surface area contributed by atoms with E-state index in [4.69, 9.17) is 0 Å². The number of aromatic amines is 1. The molecule has 0 atom stereocenters. The van der Waals surface area contributed by atoms with Crippen molar-refractivity contribution in [3.8, 4) is 0 Å². The quantitative estimate of drug-likeness (QED) is 0.575. The highest BCUT2D eigenvalue weighted by Crippen LogP contribution is 2.10. The molecular formula is C18H22N6O. The zero-order valence-corrected chi connectivity index (χ0v) is 14.5. The molecule has 1 amide bonds. The fraction of sp³-hybridized carbons (Fsp3) is 0.333. The van der Waals surface area contributed by atoms with Crippen LogP contribution in [0.1, 0.15) is 30.1 Å². The molecule has 0 aliphatic heterocycles. The smallest absolute Gasteiger partial charge is 0.223 e.